The first-order valence-electron chi connectivity index (χ1n) is 8.25. The molecule has 0 aliphatic carbocycles. The fraction of sp³-hybridized carbons (Fsp3) is 0.353. The van der Waals surface area contributed by atoms with E-state index in [4.69, 9.17) is 10.7 Å². The first kappa shape index (κ1) is 14.9. The Bertz CT molecular complexity index is 857. The van der Waals surface area contributed by atoms with Crippen molar-refractivity contribution in [1.29, 1.82) is 0 Å². The van der Waals surface area contributed by atoms with E-state index >= 15 is 0 Å². The van der Waals surface area contributed by atoms with Gasteiger partial charge in [0.2, 0.25) is 0 Å². The Labute approximate surface area is 140 Å². The molecular weight excluding hydrogens is 302 g/mol. The smallest absolute Gasteiger partial charge is 0.145 e. The van der Waals surface area contributed by atoms with E-state index in [9.17, 15) is 0 Å². The molecule has 0 saturated carbocycles. The van der Waals surface area contributed by atoms with E-state index in [0.717, 1.165) is 35.8 Å². The number of anilines is 2. The zero-order valence-electron chi connectivity index (χ0n) is 13.6. The topological polar surface area (TPSA) is 93.2 Å². The molecule has 4 rings (SSSR count). The molecule has 0 amide bonds. The van der Waals surface area contributed by atoms with Crippen molar-refractivity contribution in [2.24, 2.45) is 0 Å². The van der Waals surface area contributed by atoms with Crippen LogP contribution in [0.1, 0.15) is 19.8 Å². The van der Waals surface area contributed by atoms with Gasteiger partial charge in [-0.05, 0) is 32.4 Å². The molecule has 3 aromatic heterocycles. The summed E-state index contributed by atoms with van der Waals surface area (Å²) in [6.07, 6.45) is 9.54. The van der Waals surface area contributed by atoms with Gasteiger partial charge < -0.3 is 16.4 Å². The summed E-state index contributed by atoms with van der Waals surface area (Å²) in [4.78, 5) is 13.5. The highest BCUT2D eigenvalue weighted by molar-refractivity contribution is 5.63. The van der Waals surface area contributed by atoms with Gasteiger partial charge in [0.25, 0.3) is 0 Å². The van der Waals surface area contributed by atoms with Crippen LogP contribution in [0.25, 0.3) is 17.0 Å². The number of imidazole rings is 1. The number of aromatic nitrogens is 4. The molecule has 7 heteroatoms. The highest BCUT2D eigenvalue weighted by Crippen LogP contribution is 2.21. The molecule has 2 atom stereocenters. The Balaban J connectivity index is 1.64. The van der Waals surface area contributed by atoms with E-state index in [0.29, 0.717) is 17.8 Å². The van der Waals surface area contributed by atoms with E-state index in [1.807, 2.05) is 22.7 Å². The lowest BCUT2D eigenvalue weighted by Gasteiger charge is -2.30. The molecule has 0 aromatic carbocycles. The first-order valence-corrected chi connectivity index (χ1v) is 8.25. The van der Waals surface area contributed by atoms with Crippen LogP contribution in [0.15, 0.2) is 36.9 Å². The molecule has 3 aromatic rings. The molecular formula is C17H21N7. The number of piperidine rings is 1. The average molecular weight is 323 g/mol. The zero-order chi connectivity index (χ0) is 16.5. The van der Waals surface area contributed by atoms with Crippen LogP contribution in [0.4, 0.5) is 11.5 Å². The maximum Gasteiger partial charge on any atom is 0.145 e. The predicted octanol–water partition coefficient (Wildman–Crippen LogP) is 1.93. The standard InChI is InChI=1S/C17H21N7/c1-11-13(3-2-5-20-11)22-16-10-19-8-14(23-16)15-9-21-17-7-12(18)4-6-24(15)17/h4,6-11,13,20H,2-3,5,18H2,1H3,(H,22,23)/t11-,13-/m1/s1. The molecule has 4 N–H and O–H groups in total. The van der Waals surface area contributed by atoms with Crippen LogP contribution in [0.2, 0.25) is 0 Å². The summed E-state index contributed by atoms with van der Waals surface area (Å²) >= 11 is 0. The van der Waals surface area contributed by atoms with E-state index in [2.05, 4.69) is 27.5 Å². The van der Waals surface area contributed by atoms with Gasteiger partial charge >= 0.3 is 0 Å². The van der Waals surface area contributed by atoms with Gasteiger partial charge in [-0.3, -0.25) is 9.38 Å². The van der Waals surface area contributed by atoms with Crippen LogP contribution >= 0.6 is 0 Å². The van der Waals surface area contributed by atoms with Gasteiger partial charge in [-0.15, -0.1) is 0 Å². The minimum Gasteiger partial charge on any atom is -0.399 e. The summed E-state index contributed by atoms with van der Waals surface area (Å²) in [7, 11) is 0. The van der Waals surface area contributed by atoms with Gasteiger partial charge in [-0.25, -0.2) is 9.97 Å². The Morgan fingerprint density at radius 2 is 2.25 bits per heavy atom. The van der Waals surface area contributed by atoms with Crippen molar-refractivity contribution in [3.05, 3.63) is 36.9 Å². The van der Waals surface area contributed by atoms with Crippen LogP contribution in [0.5, 0.6) is 0 Å². The van der Waals surface area contributed by atoms with Gasteiger partial charge in [-0.1, -0.05) is 0 Å². The van der Waals surface area contributed by atoms with Gasteiger partial charge in [-0.2, -0.15) is 0 Å². The van der Waals surface area contributed by atoms with Crippen molar-refractivity contribution in [2.45, 2.75) is 31.8 Å². The SMILES string of the molecule is C[C@H]1NCCC[C@H]1Nc1cncc(-c2cnc3cc(N)ccn23)n1. The van der Waals surface area contributed by atoms with E-state index in [1.54, 1.807) is 18.6 Å². The summed E-state index contributed by atoms with van der Waals surface area (Å²) in [6.45, 7) is 3.28. The fourth-order valence-corrected chi connectivity index (χ4v) is 3.18. The van der Waals surface area contributed by atoms with Crippen molar-refractivity contribution in [3.63, 3.8) is 0 Å². The Kier molecular flexibility index (Phi) is 3.78. The summed E-state index contributed by atoms with van der Waals surface area (Å²) in [5, 5.41) is 6.99. The Morgan fingerprint density at radius 3 is 3.12 bits per heavy atom. The number of hydrogen-bond acceptors (Lipinski definition) is 6. The van der Waals surface area contributed by atoms with Crippen LogP contribution in [-0.4, -0.2) is 38.0 Å². The molecule has 0 bridgehead atoms. The lowest BCUT2D eigenvalue weighted by molar-refractivity contribution is 0.388. The minimum absolute atomic E-state index is 0.366. The highest BCUT2D eigenvalue weighted by Gasteiger charge is 2.21. The number of nitrogens with zero attached hydrogens (tertiary/aromatic N) is 4. The van der Waals surface area contributed by atoms with Crippen LogP contribution in [0.3, 0.4) is 0 Å². The number of nitrogens with two attached hydrogens (primary N) is 1. The van der Waals surface area contributed by atoms with Gasteiger partial charge in [0.15, 0.2) is 0 Å². The molecule has 1 saturated heterocycles. The maximum atomic E-state index is 5.82. The van der Waals surface area contributed by atoms with Gasteiger partial charge in [0.1, 0.15) is 17.2 Å². The normalized spacial score (nSPS) is 21.0. The maximum absolute atomic E-state index is 5.82. The second-order valence-electron chi connectivity index (χ2n) is 6.26. The van der Waals surface area contributed by atoms with Crippen LogP contribution in [-0.2, 0) is 0 Å². The average Bonchev–Trinajstić information content (AvgIpc) is 3.00. The van der Waals surface area contributed by atoms with Crippen molar-refractivity contribution in [1.82, 2.24) is 24.7 Å². The van der Waals surface area contributed by atoms with Crippen molar-refractivity contribution in [2.75, 3.05) is 17.6 Å². The molecule has 7 nitrogen and oxygen atoms in total. The minimum atomic E-state index is 0.366. The number of nitrogens with one attached hydrogen (secondary N) is 2. The molecule has 24 heavy (non-hydrogen) atoms. The summed E-state index contributed by atoms with van der Waals surface area (Å²) in [5.41, 5.74) is 9.00. The molecule has 1 aliphatic rings. The van der Waals surface area contributed by atoms with Crippen LogP contribution in [0, 0.1) is 0 Å². The monoisotopic (exact) mass is 323 g/mol. The highest BCUT2D eigenvalue weighted by atomic mass is 15.1. The number of pyridine rings is 1. The largest absolute Gasteiger partial charge is 0.399 e. The van der Waals surface area contributed by atoms with Crippen molar-refractivity contribution in [3.8, 4) is 11.4 Å². The van der Waals surface area contributed by atoms with E-state index in [1.165, 1.54) is 6.42 Å². The fourth-order valence-electron chi connectivity index (χ4n) is 3.18. The van der Waals surface area contributed by atoms with Crippen LogP contribution < -0.4 is 16.4 Å². The van der Waals surface area contributed by atoms with Crippen molar-refractivity contribution < 1.29 is 0 Å². The van der Waals surface area contributed by atoms with Crippen molar-refractivity contribution >= 4 is 17.2 Å². The second-order valence-corrected chi connectivity index (χ2v) is 6.26. The summed E-state index contributed by atoms with van der Waals surface area (Å²) in [6, 6.07) is 4.48. The third kappa shape index (κ3) is 2.78. The lowest BCUT2D eigenvalue weighted by Crippen LogP contribution is -2.46. The predicted molar refractivity (Wildman–Crippen MR) is 94.7 cm³/mol. The molecule has 4 heterocycles. The number of hydrogen-bond donors (Lipinski definition) is 3. The number of rotatable bonds is 3. The molecule has 0 radical (unpaired) electrons. The molecule has 0 unspecified atom stereocenters. The Morgan fingerprint density at radius 1 is 1.33 bits per heavy atom. The summed E-state index contributed by atoms with van der Waals surface area (Å²) < 4.78 is 1.97. The van der Waals surface area contributed by atoms with E-state index in [-0.39, 0.29) is 0 Å². The zero-order valence-corrected chi connectivity index (χ0v) is 13.6. The Hall–Kier alpha value is -2.67. The lowest BCUT2D eigenvalue weighted by atomic mass is 10.00. The van der Waals surface area contributed by atoms with Gasteiger partial charge in [0, 0.05) is 30.0 Å². The molecule has 124 valence electrons. The summed E-state index contributed by atoms with van der Waals surface area (Å²) in [5.74, 6) is 0.790. The molecule has 1 fully saturated rings. The van der Waals surface area contributed by atoms with E-state index < -0.39 is 0 Å². The molecule has 0 spiro atoms. The third-order valence-corrected chi connectivity index (χ3v) is 4.53. The first-order chi connectivity index (χ1) is 11.7. The number of fused-ring (bicyclic) bond motifs is 1. The second kappa shape index (κ2) is 6.09. The number of nitrogen functional groups attached to an aromatic ring is 1. The van der Waals surface area contributed by atoms with Gasteiger partial charge in [0.05, 0.1) is 24.3 Å². The molecule has 1 aliphatic heterocycles. The quantitative estimate of drug-likeness (QED) is 0.682. The third-order valence-electron chi connectivity index (χ3n) is 4.53.